The predicted octanol–water partition coefficient (Wildman–Crippen LogP) is 11.0. The Labute approximate surface area is 239 Å². The molecule has 0 aliphatic heterocycles. The minimum absolute atomic E-state index is 0.354. The van der Waals surface area contributed by atoms with Gasteiger partial charge in [-0.25, -0.2) is 0 Å². The fourth-order valence-corrected chi connectivity index (χ4v) is 6.61. The Bertz CT molecular complexity index is 1110. The van der Waals surface area contributed by atoms with Gasteiger partial charge < -0.3 is 0 Å². The molecule has 206 valence electrons. The quantitative estimate of drug-likeness (QED) is 0.221. The molecule has 0 atom stereocenters. The molecule has 0 spiro atoms. The average Bonchev–Trinajstić information content (AvgIpc) is 2.86. The maximum absolute atomic E-state index is 15.4. The molecule has 0 aliphatic carbocycles. The molecule has 0 amide bonds. The van der Waals surface area contributed by atoms with Gasteiger partial charge >= 0.3 is 240 Å². The second kappa shape index (κ2) is 12.5. The molecule has 38 heavy (non-hydrogen) atoms. The van der Waals surface area contributed by atoms with E-state index in [1.807, 2.05) is 0 Å². The van der Waals surface area contributed by atoms with Gasteiger partial charge in [0.05, 0.1) is 0 Å². The SMILES string of the molecule is CC(C)c1cc(C(C)C)c(-c2cccc(-c3c(C(C)C)cc(C(C)C)cc3C(C)C)c2[Se]F)c(C(C)C)c1. The molecule has 0 aromatic heterocycles. The van der Waals surface area contributed by atoms with Crippen molar-refractivity contribution in [2.24, 2.45) is 0 Å². The van der Waals surface area contributed by atoms with Crippen molar-refractivity contribution >= 4 is 19.9 Å². The third-order valence-corrected chi connectivity index (χ3v) is 9.14. The summed E-state index contributed by atoms with van der Waals surface area (Å²) in [6.45, 7) is 27.2. The number of hydrogen-bond donors (Lipinski definition) is 0. The molecule has 0 heterocycles. The van der Waals surface area contributed by atoms with Crippen LogP contribution in [0.4, 0.5) is 3.55 Å². The van der Waals surface area contributed by atoms with Crippen LogP contribution < -0.4 is 4.46 Å². The van der Waals surface area contributed by atoms with Gasteiger partial charge in [0.2, 0.25) is 0 Å². The maximum atomic E-state index is 15.4. The van der Waals surface area contributed by atoms with Gasteiger partial charge in [0.25, 0.3) is 0 Å². The first-order chi connectivity index (χ1) is 17.8. The first-order valence-corrected chi connectivity index (χ1v) is 16.1. The van der Waals surface area contributed by atoms with Crippen LogP contribution in [0.3, 0.4) is 0 Å². The topological polar surface area (TPSA) is 0 Å². The molecule has 0 fully saturated rings. The second-order valence-electron chi connectivity index (χ2n) is 12.8. The van der Waals surface area contributed by atoms with Crippen molar-refractivity contribution in [3.8, 4) is 22.3 Å². The summed E-state index contributed by atoms with van der Waals surface area (Å²) in [5, 5.41) is 0. The molecule has 2 heteroatoms. The van der Waals surface area contributed by atoms with Crippen LogP contribution in [0.1, 0.15) is 152 Å². The van der Waals surface area contributed by atoms with Gasteiger partial charge in [-0.05, 0) is 0 Å². The fourth-order valence-electron chi connectivity index (χ4n) is 5.55. The van der Waals surface area contributed by atoms with E-state index < -0.39 is 15.4 Å². The van der Waals surface area contributed by atoms with Crippen molar-refractivity contribution in [3.05, 3.63) is 75.8 Å². The molecule has 0 bridgehead atoms. The van der Waals surface area contributed by atoms with Crippen LogP contribution in [0.2, 0.25) is 0 Å². The molecule has 3 rings (SSSR count). The third kappa shape index (κ3) is 6.13. The Balaban J connectivity index is 2.49. The summed E-state index contributed by atoms with van der Waals surface area (Å²) in [5.41, 5.74) is 12.8. The summed E-state index contributed by atoms with van der Waals surface area (Å²) < 4.78 is 16.3. The monoisotopic (exact) mass is 580 g/mol. The molecule has 0 saturated carbocycles. The minimum atomic E-state index is -1.15. The van der Waals surface area contributed by atoms with E-state index in [-0.39, 0.29) is 0 Å². The van der Waals surface area contributed by atoms with E-state index in [0.717, 1.165) is 15.6 Å². The van der Waals surface area contributed by atoms with Crippen LogP contribution in [-0.4, -0.2) is 15.4 Å². The van der Waals surface area contributed by atoms with Crippen LogP contribution in [0.5, 0.6) is 0 Å². The predicted molar refractivity (Wildman–Crippen MR) is 168 cm³/mol. The van der Waals surface area contributed by atoms with E-state index in [1.54, 1.807) is 0 Å². The van der Waals surface area contributed by atoms with Gasteiger partial charge in [-0.2, -0.15) is 0 Å². The Morgan fingerprint density at radius 2 is 0.763 bits per heavy atom. The van der Waals surface area contributed by atoms with E-state index in [1.165, 1.54) is 44.5 Å². The molecular formula is C36H49FSe. The van der Waals surface area contributed by atoms with Crippen LogP contribution in [0, 0.1) is 0 Å². The molecule has 0 nitrogen and oxygen atoms in total. The van der Waals surface area contributed by atoms with Crippen molar-refractivity contribution < 1.29 is 3.55 Å². The van der Waals surface area contributed by atoms with Gasteiger partial charge in [0, 0.05) is 0 Å². The first-order valence-electron chi connectivity index (χ1n) is 14.6. The summed E-state index contributed by atoms with van der Waals surface area (Å²) >= 11 is -1.15. The molecular weight excluding hydrogens is 530 g/mol. The van der Waals surface area contributed by atoms with Crippen molar-refractivity contribution in [1.29, 1.82) is 0 Å². The molecule has 0 unspecified atom stereocenters. The van der Waals surface area contributed by atoms with Crippen LogP contribution >= 0.6 is 0 Å². The number of halogens is 1. The van der Waals surface area contributed by atoms with Crippen molar-refractivity contribution in [1.82, 2.24) is 0 Å². The van der Waals surface area contributed by atoms with Crippen molar-refractivity contribution in [2.45, 2.75) is 119 Å². The normalized spacial score (nSPS) is 12.3. The van der Waals surface area contributed by atoms with E-state index in [2.05, 4.69) is 126 Å². The van der Waals surface area contributed by atoms with Gasteiger partial charge in [0.1, 0.15) is 0 Å². The fraction of sp³-hybridized carbons (Fsp3) is 0.500. The van der Waals surface area contributed by atoms with Gasteiger partial charge in [-0.3, -0.25) is 0 Å². The number of rotatable bonds is 9. The Hall–Kier alpha value is -1.89. The Morgan fingerprint density at radius 3 is 0.974 bits per heavy atom. The molecule has 0 N–H and O–H groups in total. The summed E-state index contributed by atoms with van der Waals surface area (Å²) in [5.74, 6) is 2.33. The summed E-state index contributed by atoms with van der Waals surface area (Å²) in [7, 11) is 0. The Kier molecular flexibility index (Phi) is 10.1. The van der Waals surface area contributed by atoms with Gasteiger partial charge in [0.15, 0.2) is 0 Å². The van der Waals surface area contributed by atoms with Gasteiger partial charge in [-0.1, -0.05) is 0 Å². The van der Waals surface area contributed by atoms with E-state index in [0.29, 0.717) is 35.5 Å². The van der Waals surface area contributed by atoms with Crippen LogP contribution in [-0.2, 0) is 0 Å². The summed E-state index contributed by atoms with van der Waals surface area (Å²) in [4.78, 5) is 0. The zero-order chi connectivity index (χ0) is 28.5. The third-order valence-electron chi connectivity index (χ3n) is 7.90. The van der Waals surface area contributed by atoms with Crippen LogP contribution in [0.15, 0.2) is 42.5 Å². The first kappa shape index (κ1) is 30.6. The summed E-state index contributed by atoms with van der Waals surface area (Å²) in [6.07, 6.45) is 0. The average molecular weight is 580 g/mol. The Morgan fingerprint density at radius 1 is 0.474 bits per heavy atom. The van der Waals surface area contributed by atoms with Crippen molar-refractivity contribution in [3.63, 3.8) is 0 Å². The molecule has 3 aromatic rings. The van der Waals surface area contributed by atoms with Crippen molar-refractivity contribution in [2.75, 3.05) is 0 Å². The van der Waals surface area contributed by atoms with E-state index >= 15 is 3.55 Å². The molecule has 3 aromatic carbocycles. The van der Waals surface area contributed by atoms with E-state index in [4.69, 9.17) is 0 Å². The second-order valence-corrected chi connectivity index (χ2v) is 14.0. The summed E-state index contributed by atoms with van der Waals surface area (Å²) in [6, 6.07) is 16.0. The number of benzene rings is 3. The molecule has 0 aliphatic rings. The number of hydrogen-bond acceptors (Lipinski definition) is 0. The van der Waals surface area contributed by atoms with Crippen LogP contribution in [0.25, 0.3) is 22.3 Å². The molecule has 0 radical (unpaired) electrons. The zero-order valence-corrected chi connectivity index (χ0v) is 27.5. The standard InChI is InChI=1S/C36H49FSe/c1-20(2)26-16-30(22(5)6)34(31(17-26)23(7)8)28-14-13-15-29(36(28)38-37)35-32(24(9)10)18-27(21(3)4)19-33(35)25(11)12/h13-25H,1-12H3. The van der Waals surface area contributed by atoms with E-state index in [9.17, 15) is 0 Å². The van der Waals surface area contributed by atoms with Gasteiger partial charge in [-0.15, -0.1) is 0 Å². The molecule has 0 saturated heterocycles. The zero-order valence-electron chi connectivity index (χ0n) is 25.8.